The average molecular weight is 517 g/mol. The van der Waals surface area contributed by atoms with Crippen LogP contribution < -0.4 is 10.4 Å². The number of rotatable bonds is 10. The molecule has 1 aromatic carbocycles. The molecule has 0 spiro atoms. The Morgan fingerprint density at radius 1 is 1.13 bits per heavy atom. The van der Waals surface area contributed by atoms with Crippen LogP contribution in [-0.2, 0) is 16.0 Å². The van der Waals surface area contributed by atoms with Crippen molar-refractivity contribution in [2.75, 3.05) is 0 Å². The summed E-state index contributed by atoms with van der Waals surface area (Å²) in [5, 5.41) is 2.46. The molecule has 6 atom stereocenters. The first-order valence-corrected chi connectivity index (χ1v) is 15.6. The van der Waals surface area contributed by atoms with Crippen molar-refractivity contribution in [3.63, 3.8) is 0 Å². The van der Waals surface area contributed by atoms with Crippen LogP contribution in [0.5, 0.6) is 0 Å². The molecule has 0 unspecified atom stereocenters. The van der Waals surface area contributed by atoms with Crippen LogP contribution in [0.1, 0.15) is 109 Å². The molecule has 2 nitrogen and oxygen atoms in total. The van der Waals surface area contributed by atoms with Gasteiger partial charge in [-0.15, -0.1) is 0 Å². The van der Waals surface area contributed by atoms with E-state index in [9.17, 15) is 4.79 Å². The summed E-state index contributed by atoms with van der Waals surface area (Å²) < 4.78 is 5.88. The fraction of sp³-hybridized carbons (Fsp3) is 0.639. The van der Waals surface area contributed by atoms with Gasteiger partial charge in [-0.25, -0.2) is 4.79 Å². The lowest BCUT2D eigenvalue weighted by molar-refractivity contribution is -0.140. The van der Waals surface area contributed by atoms with E-state index in [1.165, 1.54) is 66.5 Å². The Morgan fingerprint density at radius 2 is 1.89 bits per heavy atom. The number of benzene rings is 1. The number of ether oxygens (including phenoxy) is 1. The molecule has 0 amide bonds. The summed E-state index contributed by atoms with van der Waals surface area (Å²) in [6.07, 6.45) is 19.1. The highest BCUT2D eigenvalue weighted by Crippen LogP contribution is 2.60. The third-order valence-electron chi connectivity index (χ3n) is 10.6. The first-order valence-electron chi connectivity index (χ1n) is 15.6. The van der Waals surface area contributed by atoms with Crippen LogP contribution in [-0.4, -0.2) is 12.1 Å². The molecule has 2 saturated carbocycles. The number of hydrogen-bond donors (Lipinski definition) is 0. The second kappa shape index (κ2) is 12.4. The van der Waals surface area contributed by atoms with Gasteiger partial charge in [0, 0.05) is 11.5 Å². The van der Waals surface area contributed by atoms with Crippen LogP contribution in [0.4, 0.5) is 0 Å². The lowest BCUT2D eigenvalue weighted by Gasteiger charge is -2.44. The summed E-state index contributed by atoms with van der Waals surface area (Å²) >= 11 is 0. The normalized spacial score (nSPS) is 31.6. The maximum absolute atomic E-state index is 12.4. The second-order valence-corrected chi connectivity index (χ2v) is 13.0. The van der Waals surface area contributed by atoms with Gasteiger partial charge < -0.3 is 4.74 Å². The number of carbonyl (C=O) groups is 1. The molecule has 1 saturated heterocycles. The van der Waals surface area contributed by atoms with E-state index in [1.807, 2.05) is 0 Å². The zero-order valence-electron chi connectivity index (χ0n) is 24.9. The minimum absolute atomic E-state index is 0.0187. The summed E-state index contributed by atoms with van der Waals surface area (Å²) in [4.78, 5) is 12.4. The van der Waals surface area contributed by atoms with Crippen molar-refractivity contribution in [1.82, 2.24) is 0 Å². The van der Waals surface area contributed by atoms with E-state index in [1.54, 1.807) is 5.57 Å². The van der Waals surface area contributed by atoms with Gasteiger partial charge in [0.15, 0.2) is 0 Å². The molecule has 2 heteroatoms. The summed E-state index contributed by atoms with van der Waals surface area (Å²) in [6, 6.07) is 4.60. The Kier molecular flexibility index (Phi) is 9.43. The molecule has 0 radical (unpaired) electrons. The van der Waals surface area contributed by atoms with E-state index in [4.69, 9.17) is 4.74 Å². The van der Waals surface area contributed by atoms with Gasteiger partial charge in [-0.1, -0.05) is 90.0 Å². The summed E-state index contributed by atoms with van der Waals surface area (Å²) in [5.41, 5.74) is 5.50. The molecule has 4 rings (SSSR count). The van der Waals surface area contributed by atoms with Crippen molar-refractivity contribution < 1.29 is 9.53 Å². The van der Waals surface area contributed by atoms with Gasteiger partial charge in [-0.2, -0.15) is 0 Å². The van der Waals surface area contributed by atoms with Gasteiger partial charge in [-0.3, -0.25) is 0 Å². The van der Waals surface area contributed by atoms with Gasteiger partial charge >= 0.3 is 5.97 Å². The van der Waals surface area contributed by atoms with E-state index in [2.05, 4.69) is 72.1 Å². The van der Waals surface area contributed by atoms with Crippen LogP contribution in [0, 0.1) is 36.0 Å². The Hall–Kier alpha value is -2.09. The highest BCUT2D eigenvalue weighted by atomic mass is 16.6. The monoisotopic (exact) mass is 516 g/mol. The van der Waals surface area contributed by atoms with Gasteiger partial charge in [-0.05, 0) is 109 Å². The number of allylic oxidation sites excluding steroid dienone is 2. The number of carbonyl (C=O) groups excluding carboxylic acids is 1. The molecule has 3 aliphatic rings. The van der Waals surface area contributed by atoms with Crippen molar-refractivity contribution in [3.8, 4) is 0 Å². The Balaban J connectivity index is 1.50. The molecule has 0 bridgehead atoms. The lowest BCUT2D eigenvalue weighted by Crippen LogP contribution is -2.37. The van der Waals surface area contributed by atoms with Crippen molar-refractivity contribution in [3.05, 3.63) is 57.5 Å². The zero-order valence-corrected chi connectivity index (χ0v) is 24.9. The lowest BCUT2D eigenvalue weighted by atomic mass is 9.60. The molecule has 0 aromatic heterocycles. The standard InChI is InChI=1S/C36H52O2/c1-8-10-13-28-16-17-29(26(5)25(28)4)18-19-30-14-12-22-36(7)32(20-21-33(30)36)24(3)23-34-31(15-11-9-2)27(6)35(37)38-34/h16-19,24,31-34H,5-6,8-15,20-23H2,1-4,7H3/b29-18-,30-19+/t24-,31+,32-,33+,34-,36-/m1/s1. The highest BCUT2D eigenvalue weighted by Gasteiger charge is 2.51. The van der Waals surface area contributed by atoms with Crippen LogP contribution in [0.15, 0.2) is 35.9 Å². The van der Waals surface area contributed by atoms with Crippen molar-refractivity contribution >= 4 is 18.6 Å². The molecule has 1 heterocycles. The first kappa shape index (κ1) is 28.9. The fourth-order valence-corrected chi connectivity index (χ4v) is 8.23. The molecule has 2 aliphatic carbocycles. The number of esters is 1. The van der Waals surface area contributed by atoms with Gasteiger partial charge in [0.1, 0.15) is 6.10 Å². The molecule has 0 N–H and O–H groups in total. The molecule has 208 valence electrons. The molecule has 1 aromatic rings. The van der Waals surface area contributed by atoms with Crippen molar-refractivity contribution in [2.45, 2.75) is 118 Å². The molecule has 3 fully saturated rings. The quantitative estimate of drug-likeness (QED) is 0.233. The molecule has 1 aliphatic heterocycles. The molecule has 38 heavy (non-hydrogen) atoms. The average Bonchev–Trinajstić information content (AvgIpc) is 3.38. The van der Waals surface area contributed by atoms with E-state index in [0.717, 1.165) is 32.1 Å². The van der Waals surface area contributed by atoms with Gasteiger partial charge in [0.2, 0.25) is 0 Å². The molecular weight excluding hydrogens is 464 g/mol. The summed E-state index contributed by atoms with van der Waals surface area (Å²) in [7, 11) is 0. The number of unbranched alkanes of at least 4 members (excludes halogenated alkanes) is 2. The van der Waals surface area contributed by atoms with E-state index in [0.29, 0.717) is 28.7 Å². The maximum Gasteiger partial charge on any atom is 0.334 e. The van der Waals surface area contributed by atoms with Crippen LogP contribution in [0.3, 0.4) is 0 Å². The van der Waals surface area contributed by atoms with Crippen LogP contribution in [0.25, 0.3) is 12.7 Å². The number of aryl methyl sites for hydroxylation is 1. The first-order chi connectivity index (χ1) is 18.2. The zero-order chi connectivity index (χ0) is 27.4. The predicted molar refractivity (Wildman–Crippen MR) is 161 cm³/mol. The third kappa shape index (κ3) is 5.75. The Bertz CT molecular complexity index is 1160. The fourth-order valence-electron chi connectivity index (χ4n) is 8.23. The minimum atomic E-state index is -0.157. The van der Waals surface area contributed by atoms with E-state index < -0.39 is 0 Å². The summed E-state index contributed by atoms with van der Waals surface area (Å²) in [6.45, 7) is 20.2. The predicted octanol–water partition coefficient (Wildman–Crippen LogP) is 7.99. The largest absolute Gasteiger partial charge is 0.458 e. The third-order valence-corrected chi connectivity index (χ3v) is 10.6. The van der Waals surface area contributed by atoms with Gasteiger partial charge in [0.05, 0.1) is 0 Å². The van der Waals surface area contributed by atoms with E-state index >= 15 is 0 Å². The minimum Gasteiger partial charge on any atom is -0.458 e. The van der Waals surface area contributed by atoms with Crippen molar-refractivity contribution in [2.24, 2.45) is 29.1 Å². The van der Waals surface area contributed by atoms with Gasteiger partial charge in [0.25, 0.3) is 0 Å². The second-order valence-electron chi connectivity index (χ2n) is 13.0. The Labute approximate surface area is 232 Å². The Morgan fingerprint density at radius 3 is 2.63 bits per heavy atom. The van der Waals surface area contributed by atoms with Crippen LogP contribution in [0.2, 0.25) is 0 Å². The number of hydrogen-bond acceptors (Lipinski definition) is 2. The van der Waals surface area contributed by atoms with Crippen LogP contribution >= 0.6 is 0 Å². The molecular formula is C36H52O2. The summed E-state index contributed by atoms with van der Waals surface area (Å²) in [5.74, 6) is 1.94. The van der Waals surface area contributed by atoms with E-state index in [-0.39, 0.29) is 18.0 Å². The SMILES string of the molecule is C=C1C(=O)O[C@H](C[C@@H](C)[C@H]2CC[C@H]3/C(=C/C=c4/ccc(CCCC)c(C)c4=C)CCC[C@]23C)[C@H]1CCCC. The van der Waals surface area contributed by atoms with Crippen molar-refractivity contribution in [1.29, 1.82) is 0 Å². The topological polar surface area (TPSA) is 26.3 Å². The highest BCUT2D eigenvalue weighted by molar-refractivity contribution is 5.90. The number of fused-ring (bicyclic) bond motifs is 1. The smallest absolute Gasteiger partial charge is 0.334 e. The maximum atomic E-state index is 12.4. The number of cyclic esters (lactones) is 1.